The van der Waals surface area contributed by atoms with Crippen molar-refractivity contribution in [3.05, 3.63) is 119 Å². The minimum Gasteiger partial charge on any atom is -0.489 e. The second kappa shape index (κ2) is 8.87. The number of hydrogen-bond donors (Lipinski definition) is 1. The third-order valence-electron chi connectivity index (χ3n) is 4.38. The summed E-state index contributed by atoms with van der Waals surface area (Å²) in [5.74, 6) is 0.0323. The first kappa shape index (κ1) is 19.1. The predicted molar refractivity (Wildman–Crippen MR) is 115 cm³/mol. The molecule has 0 saturated carbocycles. The number of amides is 1. The molecule has 6 heteroatoms. The Bertz CT molecular complexity index is 1210. The van der Waals surface area contributed by atoms with Crippen LogP contribution >= 0.6 is 0 Å². The number of anilines is 1. The van der Waals surface area contributed by atoms with Gasteiger partial charge in [0.1, 0.15) is 12.4 Å². The monoisotopic (exact) mass is 397 g/mol. The lowest BCUT2D eigenvalue weighted by Crippen LogP contribution is -2.25. The molecule has 0 spiro atoms. The van der Waals surface area contributed by atoms with Crippen LogP contribution in [0.25, 0.3) is 5.69 Å². The van der Waals surface area contributed by atoms with Crippen LogP contribution in [0.4, 0.5) is 5.69 Å². The van der Waals surface area contributed by atoms with Crippen LogP contribution in [0.2, 0.25) is 0 Å². The molecular formula is C24H19N3O3. The van der Waals surface area contributed by atoms with Crippen molar-refractivity contribution in [2.24, 2.45) is 0 Å². The number of para-hydroxylation sites is 1. The molecule has 1 heterocycles. The average Bonchev–Trinajstić information content (AvgIpc) is 2.79. The van der Waals surface area contributed by atoms with Crippen molar-refractivity contribution in [1.82, 2.24) is 9.78 Å². The summed E-state index contributed by atoms with van der Waals surface area (Å²) in [6.07, 6.45) is 1.53. The van der Waals surface area contributed by atoms with Gasteiger partial charge in [0.05, 0.1) is 5.69 Å². The molecule has 0 saturated heterocycles. The van der Waals surface area contributed by atoms with E-state index >= 15 is 0 Å². The Balaban J connectivity index is 1.49. The first-order chi connectivity index (χ1) is 14.7. The van der Waals surface area contributed by atoms with E-state index in [2.05, 4.69) is 10.4 Å². The molecular weight excluding hydrogens is 378 g/mol. The van der Waals surface area contributed by atoms with Crippen molar-refractivity contribution in [2.75, 3.05) is 5.32 Å². The van der Waals surface area contributed by atoms with E-state index in [1.165, 1.54) is 16.9 Å². The SMILES string of the molecule is O=C(Nc1cccc(OCc2ccccc2)c1)c1nn(-c2ccccc2)ccc1=O. The molecule has 4 aromatic rings. The topological polar surface area (TPSA) is 73.2 Å². The van der Waals surface area contributed by atoms with Crippen molar-refractivity contribution < 1.29 is 9.53 Å². The van der Waals surface area contributed by atoms with Gasteiger partial charge in [-0.1, -0.05) is 54.6 Å². The lowest BCUT2D eigenvalue weighted by Gasteiger charge is -2.10. The zero-order valence-corrected chi connectivity index (χ0v) is 16.1. The largest absolute Gasteiger partial charge is 0.489 e. The summed E-state index contributed by atoms with van der Waals surface area (Å²) >= 11 is 0. The number of hydrogen-bond acceptors (Lipinski definition) is 4. The second-order valence-electron chi connectivity index (χ2n) is 6.56. The summed E-state index contributed by atoms with van der Waals surface area (Å²) in [4.78, 5) is 24.9. The summed E-state index contributed by atoms with van der Waals surface area (Å²) in [6, 6.07) is 27.4. The smallest absolute Gasteiger partial charge is 0.280 e. The van der Waals surface area contributed by atoms with Gasteiger partial charge in [-0.15, -0.1) is 0 Å². The molecule has 0 unspecified atom stereocenters. The number of nitrogens with zero attached hydrogens (tertiary/aromatic N) is 2. The van der Waals surface area contributed by atoms with E-state index in [4.69, 9.17) is 4.74 Å². The van der Waals surface area contributed by atoms with Crippen molar-refractivity contribution in [3.63, 3.8) is 0 Å². The maximum absolute atomic E-state index is 12.7. The minimum absolute atomic E-state index is 0.183. The minimum atomic E-state index is -0.578. The molecule has 30 heavy (non-hydrogen) atoms. The Morgan fingerprint density at radius 3 is 2.40 bits per heavy atom. The fourth-order valence-electron chi connectivity index (χ4n) is 2.88. The van der Waals surface area contributed by atoms with Gasteiger partial charge in [0.2, 0.25) is 5.43 Å². The van der Waals surface area contributed by atoms with Crippen LogP contribution in [-0.4, -0.2) is 15.7 Å². The Kier molecular flexibility index (Phi) is 5.66. The normalized spacial score (nSPS) is 10.4. The zero-order valence-electron chi connectivity index (χ0n) is 16.1. The van der Waals surface area contributed by atoms with Gasteiger partial charge in [-0.25, -0.2) is 4.68 Å². The zero-order chi connectivity index (χ0) is 20.8. The van der Waals surface area contributed by atoms with Crippen LogP contribution in [0.15, 0.2) is 102 Å². The molecule has 1 N–H and O–H groups in total. The quantitative estimate of drug-likeness (QED) is 0.532. The molecule has 0 bridgehead atoms. The van der Waals surface area contributed by atoms with E-state index in [9.17, 15) is 9.59 Å². The van der Waals surface area contributed by atoms with Gasteiger partial charge in [0, 0.05) is 24.0 Å². The highest BCUT2D eigenvalue weighted by Crippen LogP contribution is 2.19. The third kappa shape index (κ3) is 4.62. The maximum Gasteiger partial charge on any atom is 0.280 e. The van der Waals surface area contributed by atoms with Gasteiger partial charge >= 0.3 is 0 Å². The molecule has 3 aromatic carbocycles. The highest BCUT2D eigenvalue weighted by molar-refractivity contribution is 6.02. The second-order valence-corrected chi connectivity index (χ2v) is 6.56. The molecule has 1 aromatic heterocycles. The van der Waals surface area contributed by atoms with E-state index in [1.54, 1.807) is 18.2 Å². The predicted octanol–water partition coefficient (Wildman–Crippen LogP) is 4.06. The van der Waals surface area contributed by atoms with Gasteiger partial charge in [0.15, 0.2) is 5.69 Å². The summed E-state index contributed by atoms with van der Waals surface area (Å²) < 4.78 is 7.28. The summed E-state index contributed by atoms with van der Waals surface area (Å²) in [5.41, 5.74) is 1.68. The van der Waals surface area contributed by atoms with Crippen molar-refractivity contribution in [3.8, 4) is 11.4 Å². The molecule has 148 valence electrons. The molecule has 0 atom stereocenters. The number of benzene rings is 3. The number of aromatic nitrogens is 2. The maximum atomic E-state index is 12.7. The lowest BCUT2D eigenvalue weighted by atomic mass is 10.2. The molecule has 6 nitrogen and oxygen atoms in total. The molecule has 0 aliphatic carbocycles. The lowest BCUT2D eigenvalue weighted by molar-refractivity contribution is 0.101. The number of carbonyl (C=O) groups is 1. The van der Waals surface area contributed by atoms with Gasteiger partial charge in [-0.2, -0.15) is 5.10 Å². The fourth-order valence-corrected chi connectivity index (χ4v) is 2.88. The van der Waals surface area contributed by atoms with Crippen LogP contribution in [0.1, 0.15) is 16.1 Å². The number of rotatable bonds is 6. The summed E-state index contributed by atoms with van der Waals surface area (Å²) in [7, 11) is 0. The summed E-state index contributed by atoms with van der Waals surface area (Å²) in [6.45, 7) is 0.417. The first-order valence-electron chi connectivity index (χ1n) is 9.42. The fraction of sp³-hybridized carbons (Fsp3) is 0.0417. The van der Waals surface area contributed by atoms with Crippen molar-refractivity contribution >= 4 is 11.6 Å². The van der Waals surface area contributed by atoms with E-state index < -0.39 is 11.3 Å². The van der Waals surface area contributed by atoms with E-state index in [0.717, 1.165) is 11.3 Å². The van der Waals surface area contributed by atoms with Gasteiger partial charge in [0.25, 0.3) is 5.91 Å². The molecule has 0 aliphatic rings. The molecule has 4 rings (SSSR count). The summed E-state index contributed by atoms with van der Waals surface area (Å²) in [5, 5.41) is 6.92. The molecule has 0 radical (unpaired) electrons. The van der Waals surface area contributed by atoms with Gasteiger partial charge in [-0.3, -0.25) is 9.59 Å². The van der Waals surface area contributed by atoms with Crippen LogP contribution < -0.4 is 15.5 Å². The van der Waals surface area contributed by atoms with Gasteiger partial charge < -0.3 is 10.1 Å². The van der Waals surface area contributed by atoms with Crippen LogP contribution in [0.3, 0.4) is 0 Å². The van der Waals surface area contributed by atoms with Crippen LogP contribution in [-0.2, 0) is 6.61 Å². The molecule has 0 aliphatic heterocycles. The Morgan fingerprint density at radius 1 is 0.900 bits per heavy atom. The van der Waals surface area contributed by atoms with E-state index in [1.807, 2.05) is 66.7 Å². The average molecular weight is 397 g/mol. The van der Waals surface area contributed by atoms with E-state index in [-0.39, 0.29) is 5.69 Å². The Morgan fingerprint density at radius 2 is 1.63 bits per heavy atom. The van der Waals surface area contributed by atoms with Gasteiger partial charge in [-0.05, 0) is 29.8 Å². The molecule has 1 amide bonds. The Hall–Kier alpha value is -4.19. The number of carbonyl (C=O) groups excluding carboxylic acids is 1. The number of nitrogens with one attached hydrogen (secondary N) is 1. The highest BCUT2D eigenvalue weighted by Gasteiger charge is 2.14. The first-order valence-corrected chi connectivity index (χ1v) is 9.42. The Labute approximate surface area is 173 Å². The van der Waals surface area contributed by atoms with Crippen molar-refractivity contribution in [1.29, 1.82) is 0 Å². The third-order valence-corrected chi connectivity index (χ3v) is 4.38. The highest BCUT2D eigenvalue weighted by atomic mass is 16.5. The van der Waals surface area contributed by atoms with Crippen molar-refractivity contribution in [2.45, 2.75) is 6.61 Å². The molecule has 0 fully saturated rings. The standard InChI is InChI=1S/C24H19N3O3/c28-22-14-15-27(20-11-5-2-6-12-20)26-23(22)24(29)25-19-10-7-13-21(16-19)30-17-18-8-3-1-4-9-18/h1-16H,17H2,(H,25,29). The van der Waals surface area contributed by atoms with Crippen LogP contribution in [0, 0.1) is 0 Å². The van der Waals surface area contributed by atoms with Crippen LogP contribution in [0.5, 0.6) is 5.75 Å². The number of ether oxygens (including phenoxy) is 1. The van der Waals surface area contributed by atoms with E-state index in [0.29, 0.717) is 18.0 Å².